The van der Waals surface area contributed by atoms with Gasteiger partial charge in [-0.15, -0.1) is 0 Å². The third-order valence-corrected chi connectivity index (χ3v) is 6.04. The van der Waals surface area contributed by atoms with E-state index in [4.69, 9.17) is 18.9 Å². The fraction of sp³-hybridized carbons (Fsp3) is 0.444. The molecule has 13 heteroatoms. The van der Waals surface area contributed by atoms with E-state index in [9.17, 15) is 34.8 Å². The average molecular weight is 563 g/mol. The lowest BCUT2D eigenvalue weighted by atomic mass is 9.99. The summed E-state index contributed by atoms with van der Waals surface area (Å²) >= 11 is 0. The van der Waals surface area contributed by atoms with Gasteiger partial charge in [-0.25, -0.2) is 9.59 Å². The molecule has 218 valence electrons. The standard InChI is InChI=1S/C27H34N2O11/c1-3-29(15-37-12-11-17-7-5-4-6-8-17)27(36)38-14-18-9-10-20(19(13-18)28-16(2)30)39-26-23(33)21(31)22(32)24(40-26)25(34)35/h4-10,13,21-24,26,31-33H,3,11-12,14-15H2,1-2H3,(H,28,30)(H,34,35)/t21-,22?,23?,24?,26-/m0/s1. The van der Waals surface area contributed by atoms with Crippen molar-refractivity contribution in [2.24, 2.45) is 0 Å². The van der Waals surface area contributed by atoms with Gasteiger partial charge in [-0.1, -0.05) is 36.4 Å². The monoisotopic (exact) mass is 562 g/mol. The number of amides is 2. The second-order valence-corrected chi connectivity index (χ2v) is 9.05. The van der Waals surface area contributed by atoms with Crippen LogP contribution in [0.25, 0.3) is 0 Å². The van der Waals surface area contributed by atoms with Crippen LogP contribution in [-0.2, 0) is 36.8 Å². The minimum atomic E-state index is -1.88. The molecule has 2 aromatic rings. The minimum absolute atomic E-state index is 0.0240. The van der Waals surface area contributed by atoms with E-state index < -0.39 is 48.7 Å². The molecular formula is C27H34N2O11. The molecule has 0 bridgehead atoms. The number of carbonyl (C=O) groups excluding carboxylic acids is 2. The molecular weight excluding hydrogens is 528 g/mol. The highest BCUT2D eigenvalue weighted by atomic mass is 16.7. The van der Waals surface area contributed by atoms with Crippen molar-refractivity contribution in [2.75, 3.05) is 25.2 Å². The number of aliphatic hydroxyl groups is 3. The van der Waals surface area contributed by atoms with Crippen molar-refractivity contribution in [3.8, 4) is 5.75 Å². The van der Waals surface area contributed by atoms with Crippen LogP contribution in [-0.4, -0.2) is 93.9 Å². The zero-order valence-corrected chi connectivity index (χ0v) is 22.1. The number of aliphatic carboxylic acids is 1. The second kappa shape index (κ2) is 14.6. The number of aliphatic hydroxyl groups excluding tert-OH is 3. The molecule has 0 aliphatic carbocycles. The van der Waals surface area contributed by atoms with E-state index in [2.05, 4.69) is 5.32 Å². The second-order valence-electron chi connectivity index (χ2n) is 9.05. The molecule has 0 spiro atoms. The van der Waals surface area contributed by atoms with Crippen LogP contribution >= 0.6 is 0 Å². The van der Waals surface area contributed by atoms with Crippen molar-refractivity contribution >= 4 is 23.7 Å². The maximum Gasteiger partial charge on any atom is 0.411 e. The number of carboxylic acids is 1. The molecule has 3 unspecified atom stereocenters. The molecule has 13 nitrogen and oxygen atoms in total. The van der Waals surface area contributed by atoms with Crippen molar-refractivity contribution in [3.63, 3.8) is 0 Å². The number of hydrogen-bond donors (Lipinski definition) is 5. The Hall–Kier alpha value is -3.75. The predicted molar refractivity (Wildman–Crippen MR) is 139 cm³/mol. The first kappa shape index (κ1) is 30.8. The van der Waals surface area contributed by atoms with Crippen molar-refractivity contribution in [1.82, 2.24) is 4.90 Å². The Labute approximate surface area is 230 Å². The van der Waals surface area contributed by atoms with E-state index in [0.717, 1.165) is 5.56 Å². The maximum atomic E-state index is 12.6. The Bertz CT molecular complexity index is 1150. The van der Waals surface area contributed by atoms with E-state index in [-0.39, 0.29) is 24.8 Å². The molecule has 3 rings (SSSR count). The lowest BCUT2D eigenvalue weighted by Gasteiger charge is -2.38. The van der Waals surface area contributed by atoms with Crippen molar-refractivity contribution in [1.29, 1.82) is 0 Å². The lowest BCUT2D eigenvalue weighted by molar-refractivity contribution is -0.271. The van der Waals surface area contributed by atoms with E-state index in [1.807, 2.05) is 30.3 Å². The SMILES string of the molecule is CCN(COCCc1ccccc1)C(=O)OCc1ccc(O[C@H]2OC(C(=O)O)C(O)[C@H](O)C2O)c(NC(C)=O)c1. The Balaban J connectivity index is 1.60. The summed E-state index contributed by atoms with van der Waals surface area (Å²) in [6.07, 6.45) is -8.94. The number of rotatable bonds is 12. The summed E-state index contributed by atoms with van der Waals surface area (Å²) in [5.74, 6) is -2.05. The summed E-state index contributed by atoms with van der Waals surface area (Å²) in [5, 5.41) is 41.9. The van der Waals surface area contributed by atoms with E-state index in [1.54, 1.807) is 6.92 Å². The average Bonchev–Trinajstić information content (AvgIpc) is 2.93. The number of benzene rings is 2. The molecule has 5 N–H and O–H groups in total. The third-order valence-electron chi connectivity index (χ3n) is 6.04. The minimum Gasteiger partial charge on any atom is -0.479 e. The van der Waals surface area contributed by atoms with Gasteiger partial charge in [0.1, 0.15) is 37.4 Å². The Morgan fingerprint density at radius 1 is 1.00 bits per heavy atom. The number of anilines is 1. The molecule has 40 heavy (non-hydrogen) atoms. The van der Waals surface area contributed by atoms with Gasteiger partial charge in [-0.3, -0.25) is 9.69 Å². The Morgan fingerprint density at radius 2 is 1.73 bits per heavy atom. The van der Waals surface area contributed by atoms with Gasteiger partial charge in [0.05, 0.1) is 12.3 Å². The van der Waals surface area contributed by atoms with Crippen molar-refractivity contribution in [3.05, 3.63) is 59.7 Å². The smallest absolute Gasteiger partial charge is 0.411 e. The molecule has 1 fully saturated rings. The van der Waals surface area contributed by atoms with Crippen LogP contribution in [0.3, 0.4) is 0 Å². The van der Waals surface area contributed by atoms with E-state index in [1.165, 1.54) is 30.0 Å². The summed E-state index contributed by atoms with van der Waals surface area (Å²) in [4.78, 5) is 37.1. The highest BCUT2D eigenvalue weighted by Crippen LogP contribution is 2.31. The van der Waals surface area contributed by atoms with Crippen LogP contribution in [0.4, 0.5) is 10.5 Å². The quantitative estimate of drug-likeness (QED) is 0.184. The summed E-state index contributed by atoms with van der Waals surface area (Å²) in [5.41, 5.74) is 1.71. The first-order chi connectivity index (χ1) is 19.1. The molecule has 1 aliphatic rings. The van der Waals surface area contributed by atoms with Gasteiger partial charge in [0.25, 0.3) is 0 Å². The van der Waals surface area contributed by atoms with Gasteiger partial charge in [0.15, 0.2) is 6.10 Å². The fourth-order valence-corrected chi connectivity index (χ4v) is 3.85. The number of nitrogens with one attached hydrogen (secondary N) is 1. The molecule has 2 amide bonds. The van der Waals surface area contributed by atoms with E-state index >= 15 is 0 Å². The van der Waals surface area contributed by atoms with Gasteiger partial charge >= 0.3 is 12.1 Å². The summed E-state index contributed by atoms with van der Waals surface area (Å²) in [7, 11) is 0. The van der Waals surface area contributed by atoms with Crippen LogP contribution in [0.15, 0.2) is 48.5 Å². The zero-order chi connectivity index (χ0) is 29.2. The number of ether oxygens (including phenoxy) is 4. The molecule has 2 aromatic carbocycles. The van der Waals surface area contributed by atoms with Gasteiger partial charge in [0, 0.05) is 13.5 Å². The highest BCUT2D eigenvalue weighted by Gasteiger charge is 2.48. The van der Waals surface area contributed by atoms with Gasteiger partial charge in [-0.2, -0.15) is 0 Å². The fourth-order valence-electron chi connectivity index (χ4n) is 3.85. The molecule has 1 heterocycles. The molecule has 0 radical (unpaired) electrons. The largest absolute Gasteiger partial charge is 0.479 e. The molecule has 5 atom stereocenters. The highest BCUT2D eigenvalue weighted by molar-refractivity contribution is 5.90. The summed E-state index contributed by atoms with van der Waals surface area (Å²) in [6.45, 7) is 3.72. The topological polar surface area (TPSA) is 184 Å². The number of hydrogen-bond acceptors (Lipinski definition) is 10. The van der Waals surface area contributed by atoms with Crippen LogP contribution in [0.5, 0.6) is 5.75 Å². The Morgan fingerprint density at radius 3 is 2.38 bits per heavy atom. The van der Waals surface area contributed by atoms with Gasteiger partial charge < -0.3 is 44.7 Å². The molecule has 0 aromatic heterocycles. The van der Waals surface area contributed by atoms with Crippen molar-refractivity contribution < 1.29 is 53.8 Å². The predicted octanol–water partition coefficient (Wildman–Crippen LogP) is 1.09. The first-order valence-corrected chi connectivity index (χ1v) is 12.6. The number of carboxylic acid groups (broad SMARTS) is 1. The van der Waals surface area contributed by atoms with Crippen molar-refractivity contribution in [2.45, 2.75) is 57.6 Å². The number of carbonyl (C=O) groups is 3. The lowest BCUT2D eigenvalue weighted by Crippen LogP contribution is -2.61. The maximum absolute atomic E-state index is 12.6. The van der Waals surface area contributed by atoms with E-state index in [0.29, 0.717) is 25.1 Å². The van der Waals surface area contributed by atoms with Gasteiger partial charge in [0.2, 0.25) is 12.2 Å². The van der Waals surface area contributed by atoms with Crippen LogP contribution < -0.4 is 10.1 Å². The molecule has 0 saturated carbocycles. The number of nitrogens with zero attached hydrogens (tertiary/aromatic N) is 1. The van der Waals surface area contributed by atoms with Crippen LogP contribution in [0.1, 0.15) is 25.0 Å². The van der Waals surface area contributed by atoms with Crippen LogP contribution in [0, 0.1) is 0 Å². The van der Waals surface area contributed by atoms with Gasteiger partial charge in [-0.05, 0) is 36.6 Å². The van der Waals surface area contributed by atoms with Crippen LogP contribution in [0.2, 0.25) is 0 Å². The molecule has 1 saturated heterocycles. The summed E-state index contributed by atoms with van der Waals surface area (Å²) < 4.78 is 21.7. The zero-order valence-electron chi connectivity index (χ0n) is 22.1. The summed E-state index contributed by atoms with van der Waals surface area (Å²) in [6, 6.07) is 14.2. The Kier molecular flexibility index (Phi) is 11.2. The molecule has 1 aliphatic heterocycles. The third kappa shape index (κ3) is 8.37. The first-order valence-electron chi connectivity index (χ1n) is 12.6. The normalized spacial score (nSPS) is 22.3.